The number of furan rings is 1. The number of rotatable bonds is 3. The molecule has 6 heteroatoms. The van der Waals surface area contributed by atoms with Crippen molar-refractivity contribution in [1.82, 2.24) is 9.55 Å². The van der Waals surface area contributed by atoms with Gasteiger partial charge in [-0.3, -0.25) is 14.6 Å². The number of fused-ring (bicyclic) bond motifs is 1. The monoisotopic (exact) mass is 373 g/mol. The Morgan fingerprint density at radius 1 is 1.11 bits per heavy atom. The van der Waals surface area contributed by atoms with Crippen LogP contribution < -0.4 is 10.9 Å². The van der Waals surface area contributed by atoms with Gasteiger partial charge in [0.15, 0.2) is 0 Å². The molecule has 1 aromatic carbocycles. The van der Waals surface area contributed by atoms with Crippen LogP contribution in [0.2, 0.25) is 0 Å². The standard InChI is InChI=1S/C22H19N3O3/c1-13-4-5-17(24-21(26)15-6-7-28-12-15)10-18(13)19-9-16-11-23-14(2)8-20(16)25(3)22(19)27/h4-12H,1-3H3,(H,24,26). The van der Waals surface area contributed by atoms with Crippen LogP contribution in [0, 0.1) is 13.8 Å². The van der Waals surface area contributed by atoms with Gasteiger partial charge >= 0.3 is 0 Å². The van der Waals surface area contributed by atoms with E-state index in [-0.39, 0.29) is 11.5 Å². The van der Waals surface area contributed by atoms with E-state index in [2.05, 4.69) is 10.3 Å². The molecular formula is C22H19N3O3. The Hall–Kier alpha value is -3.67. The predicted molar refractivity (Wildman–Crippen MR) is 109 cm³/mol. The van der Waals surface area contributed by atoms with Crippen LogP contribution >= 0.6 is 0 Å². The quantitative estimate of drug-likeness (QED) is 0.587. The number of anilines is 1. The molecule has 0 bridgehead atoms. The number of hydrogen-bond acceptors (Lipinski definition) is 4. The molecule has 0 aliphatic heterocycles. The number of aryl methyl sites for hydroxylation is 3. The number of hydrogen-bond donors (Lipinski definition) is 1. The van der Waals surface area contributed by atoms with Crippen molar-refractivity contribution in [1.29, 1.82) is 0 Å². The lowest BCUT2D eigenvalue weighted by Crippen LogP contribution is -2.19. The molecule has 4 aromatic rings. The van der Waals surface area contributed by atoms with Crippen LogP contribution in [-0.4, -0.2) is 15.5 Å². The molecule has 0 spiro atoms. The Kier molecular flexibility index (Phi) is 4.31. The molecular weight excluding hydrogens is 354 g/mol. The lowest BCUT2D eigenvalue weighted by Gasteiger charge is -2.13. The smallest absolute Gasteiger partial charge is 0.258 e. The van der Waals surface area contributed by atoms with E-state index in [9.17, 15) is 9.59 Å². The molecule has 1 amide bonds. The third kappa shape index (κ3) is 3.09. The maximum Gasteiger partial charge on any atom is 0.258 e. The average molecular weight is 373 g/mol. The SMILES string of the molecule is Cc1cc2c(cn1)cc(-c1cc(NC(=O)c3ccoc3)ccc1C)c(=O)n2C. The number of nitrogens with one attached hydrogen (secondary N) is 1. The van der Waals surface area contributed by atoms with Crippen LogP contribution in [0.5, 0.6) is 0 Å². The van der Waals surface area contributed by atoms with E-state index in [0.29, 0.717) is 16.8 Å². The van der Waals surface area contributed by atoms with Crippen LogP contribution in [0.3, 0.4) is 0 Å². The molecule has 1 N–H and O–H groups in total. The van der Waals surface area contributed by atoms with Crippen LogP contribution in [0.25, 0.3) is 22.0 Å². The van der Waals surface area contributed by atoms with Gasteiger partial charge in [0.05, 0.1) is 17.3 Å². The van der Waals surface area contributed by atoms with Gasteiger partial charge in [-0.2, -0.15) is 0 Å². The van der Waals surface area contributed by atoms with E-state index in [4.69, 9.17) is 4.42 Å². The van der Waals surface area contributed by atoms with Crippen molar-refractivity contribution in [3.63, 3.8) is 0 Å². The summed E-state index contributed by atoms with van der Waals surface area (Å²) in [5.74, 6) is -0.269. The summed E-state index contributed by atoms with van der Waals surface area (Å²) in [4.78, 5) is 29.6. The Morgan fingerprint density at radius 2 is 1.93 bits per heavy atom. The third-order valence-electron chi connectivity index (χ3n) is 4.81. The zero-order chi connectivity index (χ0) is 19.8. The van der Waals surface area contributed by atoms with Crippen LogP contribution in [0.15, 0.2) is 64.3 Å². The highest BCUT2D eigenvalue weighted by atomic mass is 16.3. The number of carbonyl (C=O) groups excluding carboxylic acids is 1. The van der Waals surface area contributed by atoms with E-state index >= 15 is 0 Å². The Bertz CT molecular complexity index is 1250. The molecule has 4 rings (SSSR count). The molecule has 140 valence electrons. The first kappa shape index (κ1) is 17.7. The Balaban J connectivity index is 1.81. The number of amides is 1. The number of pyridine rings is 2. The van der Waals surface area contributed by atoms with Gasteiger partial charge in [-0.15, -0.1) is 0 Å². The molecule has 28 heavy (non-hydrogen) atoms. The topological polar surface area (TPSA) is 77.1 Å². The van der Waals surface area contributed by atoms with Gasteiger partial charge < -0.3 is 14.3 Å². The number of carbonyl (C=O) groups is 1. The summed E-state index contributed by atoms with van der Waals surface area (Å²) in [5.41, 5.74) is 4.92. The molecule has 0 unspecified atom stereocenters. The second-order valence-corrected chi connectivity index (χ2v) is 6.80. The van der Waals surface area contributed by atoms with E-state index in [1.165, 1.54) is 12.5 Å². The number of benzene rings is 1. The van der Waals surface area contributed by atoms with Gasteiger partial charge in [0.25, 0.3) is 11.5 Å². The van der Waals surface area contributed by atoms with Crippen molar-refractivity contribution < 1.29 is 9.21 Å². The van der Waals surface area contributed by atoms with Crippen molar-refractivity contribution in [2.75, 3.05) is 5.32 Å². The van der Waals surface area contributed by atoms with E-state index in [0.717, 1.165) is 27.7 Å². The summed E-state index contributed by atoms with van der Waals surface area (Å²) in [7, 11) is 1.76. The largest absolute Gasteiger partial charge is 0.472 e. The first-order valence-electron chi connectivity index (χ1n) is 8.85. The van der Waals surface area contributed by atoms with Crippen LogP contribution in [0.1, 0.15) is 21.6 Å². The first-order valence-corrected chi connectivity index (χ1v) is 8.85. The lowest BCUT2D eigenvalue weighted by molar-refractivity contribution is 0.102. The number of nitrogens with zero attached hydrogens (tertiary/aromatic N) is 2. The lowest BCUT2D eigenvalue weighted by atomic mass is 9.99. The van der Waals surface area contributed by atoms with Crippen molar-refractivity contribution in [2.45, 2.75) is 13.8 Å². The fourth-order valence-electron chi connectivity index (χ4n) is 3.24. The summed E-state index contributed by atoms with van der Waals surface area (Å²) in [6.07, 6.45) is 4.61. The third-order valence-corrected chi connectivity index (χ3v) is 4.81. The first-order chi connectivity index (χ1) is 13.4. The van der Waals surface area contributed by atoms with Gasteiger partial charge in [0.1, 0.15) is 6.26 Å². The van der Waals surface area contributed by atoms with Crippen LogP contribution in [0.4, 0.5) is 5.69 Å². The summed E-state index contributed by atoms with van der Waals surface area (Å²) in [6.45, 7) is 3.84. The molecule has 3 heterocycles. The fourth-order valence-corrected chi connectivity index (χ4v) is 3.24. The summed E-state index contributed by atoms with van der Waals surface area (Å²) >= 11 is 0. The van der Waals surface area contributed by atoms with Gasteiger partial charge in [0.2, 0.25) is 0 Å². The average Bonchev–Trinajstić information content (AvgIpc) is 3.22. The minimum Gasteiger partial charge on any atom is -0.472 e. The molecule has 3 aromatic heterocycles. The van der Waals surface area contributed by atoms with Crippen molar-refractivity contribution in [2.24, 2.45) is 7.05 Å². The molecule has 0 aliphatic rings. The normalized spacial score (nSPS) is 11.0. The fraction of sp³-hybridized carbons (Fsp3) is 0.136. The Morgan fingerprint density at radius 3 is 2.68 bits per heavy atom. The molecule has 6 nitrogen and oxygen atoms in total. The summed E-state index contributed by atoms with van der Waals surface area (Å²) in [6, 6.07) is 10.9. The second kappa shape index (κ2) is 6.81. The van der Waals surface area contributed by atoms with Gasteiger partial charge in [-0.05, 0) is 55.3 Å². The van der Waals surface area contributed by atoms with Crippen LogP contribution in [-0.2, 0) is 7.05 Å². The van der Waals surface area contributed by atoms with E-state index in [1.54, 1.807) is 23.9 Å². The maximum absolute atomic E-state index is 13.0. The molecule has 0 radical (unpaired) electrons. The van der Waals surface area contributed by atoms with Gasteiger partial charge in [-0.25, -0.2) is 0 Å². The molecule has 0 saturated carbocycles. The predicted octanol–water partition coefficient (Wildman–Crippen LogP) is 4.06. The summed E-state index contributed by atoms with van der Waals surface area (Å²) < 4.78 is 6.59. The van der Waals surface area contributed by atoms with E-state index < -0.39 is 0 Å². The minimum atomic E-state index is -0.269. The van der Waals surface area contributed by atoms with E-state index in [1.807, 2.05) is 44.2 Å². The van der Waals surface area contributed by atoms with Gasteiger partial charge in [0, 0.05) is 35.6 Å². The van der Waals surface area contributed by atoms with Crippen molar-refractivity contribution in [3.8, 4) is 11.1 Å². The highest BCUT2D eigenvalue weighted by Gasteiger charge is 2.14. The van der Waals surface area contributed by atoms with Crippen molar-refractivity contribution >= 4 is 22.5 Å². The highest BCUT2D eigenvalue weighted by Crippen LogP contribution is 2.27. The van der Waals surface area contributed by atoms with Crippen molar-refractivity contribution in [3.05, 3.63) is 82.3 Å². The second-order valence-electron chi connectivity index (χ2n) is 6.80. The number of aromatic nitrogens is 2. The minimum absolute atomic E-state index is 0.0977. The van der Waals surface area contributed by atoms with Gasteiger partial charge in [-0.1, -0.05) is 6.07 Å². The zero-order valence-electron chi connectivity index (χ0n) is 15.8. The maximum atomic E-state index is 13.0. The Labute approximate surface area is 161 Å². The molecule has 0 aliphatic carbocycles. The molecule has 0 atom stereocenters. The summed E-state index contributed by atoms with van der Waals surface area (Å²) in [5, 5.41) is 3.72. The molecule has 0 fully saturated rings. The zero-order valence-corrected chi connectivity index (χ0v) is 15.8. The molecule has 0 saturated heterocycles. The highest BCUT2D eigenvalue weighted by molar-refractivity contribution is 6.04.